The van der Waals surface area contributed by atoms with Crippen molar-refractivity contribution in [3.05, 3.63) is 101 Å². The fourth-order valence-corrected chi connectivity index (χ4v) is 4.12. The average molecular weight is 428 g/mol. The number of aryl methyl sites for hydroxylation is 2. The third kappa shape index (κ3) is 3.66. The van der Waals surface area contributed by atoms with Gasteiger partial charge in [0.15, 0.2) is 0 Å². The summed E-state index contributed by atoms with van der Waals surface area (Å²) >= 11 is 0. The Kier molecular flexibility index (Phi) is 5.82. The van der Waals surface area contributed by atoms with Crippen LogP contribution in [0.15, 0.2) is 78.4 Å². The summed E-state index contributed by atoms with van der Waals surface area (Å²) in [7, 11) is 1.58. The van der Waals surface area contributed by atoms with Gasteiger partial charge >= 0.3 is 0 Å². The summed E-state index contributed by atoms with van der Waals surface area (Å²) in [6.07, 6.45) is 0.879. The van der Waals surface area contributed by atoms with Crippen molar-refractivity contribution in [1.29, 1.82) is 0 Å². The summed E-state index contributed by atoms with van der Waals surface area (Å²) < 4.78 is 5.30. The molecule has 1 amide bonds. The maximum atomic E-state index is 13.2. The molecule has 162 valence electrons. The summed E-state index contributed by atoms with van der Waals surface area (Å²) in [6.45, 7) is 3.93. The number of amides is 1. The molecule has 1 fully saturated rings. The molecule has 3 aromatic rings. The van der Waals surface area contributed by atoms with Crippen LogP contribution in [-0.2, 0) is 16.0 Å². The van der Waals surface area contributed by atoms with Crippen LogP contribution in [-0.4, -0.2) is 23.9 Å². The Bertz CT molecular complexity index is 1200. The second kappa shape index (κ2) is 8.71. The molecule has 1 N–H and O–H groups in total. The van der Waals surface area contributed by atoms with Crippen LogP contribution in [0, 0.1) is 6.92 Å². The number of anilines is 1. The Morgan fingerprint density at radius 2 is 1.69 bits per heavy atom. The van der Waals surface area contributed by atoms with Gasteiger partial charge in [0.25, 0.3) is 11.7 Å². The van der Waals surface area contributed by atoms with Crippen LogP contribution >= 0.6 is 0 Å². The number of para-hydroxylation sites is 1. The smallest absolute Gasteiger partial charge is 0.300 e. The van der Waals surface area contributed by atoms with Crippen molar-refractivity contribution in [2.75, 3.05) is 12.0 Å². The maximum Gasteiger partial charge on any atom is 0.300 e. The highest BCUT2D eigenvalue weighted by atomic mass is 16.5. The SMILES string of the molecule is CCc1ccc(C2/C(=C(/O)c3ccc(OC)c(C)c3)C(=O)C(=O)N2c2ccccc2)cc1. The molecule has 1 atom stereocenters. The second-order valence-electron chi connectivity index (χ2n) is 7.78. The molecule has 0 spiro atoms. The second-order valence-corrected chi connectivity index (χ2v) is 7.78. The summed E-state index contributed by atoms with van der Waals surface area (Å²) in [6, 6.07) is 21.3. The van der Waals surface area contributed by atoms with Crippen molar-refractivity contribution < 1.29 is 19.4 Å². The van der Waals surface area contributed by atoms with Crippen LogP contribution < -0.4 is 9.64 Å². The van der Waals surface area contributed by atoms with E-state index in [9.17, 15) is 14.7 Å². The minimum Gasteiger partial charge on any atom is -0.507 e. The van der Waals surface area contributed by atoms with E-state index in [-0.39, 0.29) is 11.3 Å². The molecule has 1 saturated heterocycles. The van der Waals surface area contributed by atoms with Gasteiger partial charge in [-0.05, 0) is 60.4 Å². The van der Waals surface area contributed by atoms with E-state index in [2.05, 4.69) is 6.92 Å². The van der Waals surface area contributed by atoms with E-state index < -0.39 is 17.7 Å². The van der Waals surface area contributed by atoms with Crippen LogP contribution in [0.1, 0.15) is 35.2 Å². The lowest BCUT2D eigenvalue weighted by Crippen LogP contribution is -2.29. The Hall–Kier alpha value is -3.86. The van der Waals surface area contributed by atoms with Crippen LogP contribution in [0.3, 0.4) is 0 Å². The van der Waals surface area contributed by atoms with Crippen LogP contribution in [0.5, 0.6) is 5.75 Å². The number of benzene rings is 3. The van der Waals surface area contributed by atoms with Gasteiger partial charge in [-0.3, -0.25) is 14.5 Å². The van der Waals surface area contributed by atoms with Crippen LogP contribution in [0.4, 0.5) is 5.69 Å². The summed E-state index contributed by atoms with van der Waals surface area (Å²) in [4.78, 5) is 27.8. The molecular weight excluding hydrogens is 402 g/mol. The lowest BCUT2D eigenvalue weighted by Gasteiger charge is -2.25. The standard InChI is InChI=1S/C27H25NO4/c1-4-18-10-12-19(13-11-18)24-23(25(29)20-14-15-22(32-3)17(2)16-20)26(30)27(31)28(24)21-8-6-5-7-9-21/h5-16,24,29H,4H2,1-3H3/b25-23-. The van der Waals surface area contributed by atoms with Gasteiger partial charge in [-0.15, -0.1) is 0 Å². The molecule has 0 aliphatic carbocycles. The van der Waals surface area contributed by atoms with E-state index >= 15 is 0 Å². The van der Waals surface area contributed by atoms with E-state index in [1.807, 2.05) is 49.4 Å². The van der Waals surface area contributed by atoms with Gasteiger partial charge in [0, 0.05) is 11.3 Å². The number of aliphatic hydroxyl groups excluding tert-OH is 1. The molecule has 0 bridgehead atoms. The van der Waals surface area contributed by atoms with E-state index in [0.717, 1.165) is 23.1 Å². The first-order valence-corrected chi connectivity index (χ1v) is 10.6. The Labute approximate surface area is 187 Å². The summed E-state index contributed by atoms with van der Waals surface area (Å²) in [5.74, 6) is -0.882. The number of ketones is 1. The number of aliphatic hydroxyl groups is 1. The number of carbonyl (C=O) groups excluding carboxylic acids is 2. The molecule has 0 saturated carbocycles. The van der Waals surface area contributed by atoms with Gasteiger partial charge in [0.1, 0.15) is 11.5 Å². The van der Waals surface area contributed by atoms with Gasteiger partial charge in [0.2, 0.25) is 0 Å². The van der Waals surface area contributed by atoms with Crippen LogP contribution in [0.2, 0.25) is 0 Å². The molecule has 5 nitrogen and oxygen atoms in total. The molecule has 32 heavy (non-hydrogen) atoms. The molecule has 0 radical (unpaired) electrons. The highest BCUT2D eigenvalue weighted by Gasteiger charge is 2.46. The highest BCUT2D eigenvalue weighted by Crippen LogP contribution is 2.42. The fraction of sp³-hybridized carbons (Fsp3) is 0.185. The minimum atomic E-state index is -0.731. The fourth-order valence-electron chi connectivity index (χ4n) is 4.12. The summed E-state index contributed by atoms with van der Waals surface area (Å²) in [5, 5.41) is 11.2. The van der Waals surface area contributed by atoms with Gasteiger partial charge < -0.3 is 9.84 Å². The molecule has 1 aliphatic rings. The largest absolute Gasteiger partial charge is 0.507 e. The monoisotopic (exact) mass is 427 g/mol. The number of methoxy groups -OCH3 is 1. The average Bonchev–Trinajstić information content (AvgIpc) is 3.09. The number of rotatable bonds is 5. The van der Waals surface area contributed by atoms with Crippen molar-refractivity contribution in [3.8, 4) is 5.75 Å². The van der Waals surface area contributed by atoms with Crippen LogP contribution in [0.25, 0.3) is 5.76 Å². The Balaban J connectivity index is 1.92. The first-order chi connectivity index (χ1) is 15.5. The number of Topliss-reactive ketones (excluding diaryl/α,β-unsaturated/α-hetero) is 1. The van der Waals surface area contributed by atoms with Crippen molar-refractivity contribution in [3.63, 3.8) is 0 Å². The van der Waals surface area contributed by atoms with E-state index in [0.29, 0.717) is 17.0 Å². The maximum absolute atomic E-state index is 13.2. The number of hydrogen-bond donors (Lipinski definition) is 1. The van der Waals surface area contributed by atoms with Gasteiger partial charge in [0.05, 0.1) is 18.7 Å². The summed E-state index contributed by atoms with van der Waals surface area (Å²) in [5.41, 5.74) is 3.87. The van der Waals surface area contributed by atoms with Gasteiger partial charge in [-0.1, -0.05) is 49.4 Å². The van der Waals surface area contributed by atoms with E-state index in [1.165, 1.54) is 4.90 Å². The van der Waals surface area contributed by atoms with Crippen molar-refractivity contribution in [1.82, 2.24) is 0 Å². The molecule has 5 heteroatoms. The Morgan fingerprint density at radius 3 is 2.28 bits per heavy atom. The molecule has 0 aromatic heterocycles. The third-order valence-corrected chi connectivity index (χ3v) is 5.85. The third-order valence-electron chi connectivity index (χ3n) is 5.85. The number of nitrogens with zero attached hydrogens (tertiary/aromatic N) is 1. The minimum absolute atomic E-state index is 0.0765. The van der Waals surface area contributed by atoms with Crippen molar-refractivity contribution >= 4 is 23.1 Å². The molecule has 1 unspecified atom stereocenters. The first-order valence-electron chi connectivity index (χ1n) is 10.6. The predicted octanol–water partition coefficient (Wildman–Crippen LogP) is 5.19. The number of hydrogen-bond acceptors (Lipinski definition) is 4. The van der Waals surface area contributed by atoms with Gasteiger partial charge in [-0.25, -0.2) is 0 Å². The predicted molar refractivity (Wildman–Crippen MR) is 125 cm³/mol. The molecular formula is C27H25NO4. The number of carbonyl (C=O) groups is 2. The van der Waals surface area contributed by atoms with E-state index in [1.54, 1.807) is 37.4 Å². The zero-order valence-electron chi connectivity index (χ0n) is 18.3. The van der Waals surface area contributed by atoms with E-state index in [4.69, 9.17) is 4.74 Å². The quantitative estimate of drug-likeness (QED) is 0.346. The highest BCUT2D eigenvalue weighted by molar-refractivity contribution is 6.51. The molecule has 1 heterocycles. The molecule has 3 aromatic carbocycles. The van der Waals surface area contributed by atoms with Crippen molar-refractivity contribution in [2.24, 2.45) is 0 Å². The topological polar surface area (TPSA) is 66.8 Å². The Morgan fingerprint density at radius 1 is 1.00 bits per heavy atom. The lowest BCUT2D eigenvalue weighted by molar-refractivity contribution is -0.132. The molecule has 1 aliphatic heterocycles. The number of ether oxygens (including phenoxy) is 1. The zero-order chi connectivity index (χ0) is 22.8. The van der Waals surface area contributed by atoms with Gasteiger partial charge in [-0.2, -0.15) is 0 Å². The normalized spacial score (nSPS) is 17.6. The molecule has 4 rings (SSSR count). The van der Waals surface area contributed by atoms with Crippen molar-refractivity contribution in [2.45, 2.75) is 26.3 Å². The lowest BCUT2D eigenvalue weighted by atomic mass is 9.94. The first kappa shape index (κ1) is 21.4. The zero-order valence-corrected chi connectivity index (χ0v) is 18.3.